The van der Waals surface area contributed by atoms with Crippen LogP contribution in [0.1, 0.15) is 32.6 Å². The van der Waals surface area contributed by atoms with Crippen molar-refractivity contribution in [3.8, 4) is 0 Å². The Morgan fingerprint density at radius 2 is 2.00 bits per heavy atom. The average Bonchev–Trinajstić information content (AvgIpc) is 2.18. The minimum Gasteiger partial charge on any atom is -0.503 e. The van der Waals surface area contributed by atoms with Crippen LogP contribution in [0.3, 0.4) is 0 Å². The molecule has 0 atom stereocenters. The molecule has 0 spiro atoms. The van der Waals surface area contributed by atoms with E-state index < -0.39 is 0 Å². The van der Waals surface area contributed by atoms with Crippen molar-refractivity contribution in [2.45, 2.75) is 32.6 Å². The van der Waals surface area contributed by atoms with Gasteiger partial charge in [0.05, 0.1) is 0 Å². The van der Waals surface area contributed by atoms with Crippen molar-refractivity contribution in [1.82, 2.24) is 4.90 Å². The number of Topliss-reactive ketones (excluding diaryl/α,β-unsaturated/α-hetero) is 1. The topological polar surface area (TPSA) is 40.5 Å². The molecular formula is C10H17NO2. The number of aliphatic hydroxyl groups is 1. The molecule has 13 heavy (non-hydrogen) atoms. The fourth-order valence-electron chi connectivity index (χ4n) is 1.47. The molecule has 1 heterocycles. The lowest BCUT2D eigenvalue weighted by molar-refractivity contribution is -0.117. The summed E-state index contributed by atoms with van der Waals surface area (Å²) in [6, 6.07) is 0. The summed E-state index contributed by atoms with van der Waals surface area (Å²) in [5, 5.41) is 9.34. The average molecular weight is 183 g/mol. The fraction of sp³-hybridized carbons (Fsp3) is 0.700. The summed E-state index contributed by atoms with van der Waals surface area (Å²) in [7, 11) is 0. The Labute approximate surface area is 79.0 Å². The van der Waals surface area contributed by atoms with E-state index >= 15 is 0 Å². The third kappa shape index (κ3) is 3.09. The zero-order valence-corrected chi connectivity index (χ0v) is 8.12. The number of piperidine rings is 1. The zero-order chi connectivity index (χ0) is 9.68. The van der Waals surface area contributed by atoms with E-state index in [1.807, 2.05) is 4.90 Å². The lowest BCUT2D eigenvalue weighted by atomic mass is 10.1. The molecule has 0 aromatic carbocycles. The molecule has 0 saturated carbocycles. The Hall–Kier alpha value is -0.990. The number of likely N-dealkylation sites (tertiary alicyclic amines) is 1. The van der Waals surface area contributed by atoms with Crippen molar-refractivity contribution >= 4 is 5.78 Å². The molecular weight excluding hydrogens is 166 g/mol. The third-order valence-electron chi connectivity index (χ3n) is 2.30. The Bertz CT molecular complexity index is 205. The molecule has 0 aromatic heterocycles. The largest absolute Gasteiger partial charge is 0.503 e. The molecule has 0 unspecified atom stereocenters. The highest BCUT2D eigenvalue weighted by atomic mass is 16.3. The number of rotatable bonds is 3. The van der Waals surface area contributed by atoms with Gasteiger partial charge in [0.15, 0.2) is 11.5 Å². The SMILES string of the molecule is CCC(=O)/C(O)=C/N1CCCCC1. The molecule has 74 valence electrons. The van der Waals surface area contributed by atoms with Gasteiger partial charge in [0, 0.05) is 25.7 Å². The molecule has 0 aromatic rings. The van der Waals surface area contributed by atoms with E-state index in [9.17, 15) is 9.90 Å². The van der Waals surface area contributed by atoms with Gasteiger partial charge < -0.3 is 10.0 Å². The van der Waals surface area contributed by atoms with Crippen molar-refractivity contribution in [1.29, 1.82) is 0 Å². The van der Waals surface area contributed by atoms with Gasteiger partial charge in [-0.2, -0.15) is 0 Å². The van der Waals surface area contributed by atoms with Gasteiger partial charge in [0.2, 0.25) is 0 Å². The van der Waals surface area contributed by atoms with Crippen LogP contribution in [0.2, 0.25) is 0 Å². The van der Waals surface area contributed by atoms with Gasteiger partial charge >= 0.3 is 0 Å². The monoisotopic (exact) mass is 183 g/mol. The number of allylic oxidation sites excluding steroid dienone is 1. The van der Waals surface area contributed by atoms with Crippen molar-refractivity contribution in [3.63, 3.8) is 0 Å². The first-order valence-electron chi connectivity index (χ1n) is 4.92. The Morgan fingerprint density at radius 3 is 2.54 bits per heavy atom. The van der Waals surface area contributed by atoms with Crippen LogP contribution in [0, 0.1) is 0 Å². The lowest BCUT2D eigenvalue weighted by Crippen LogP contribution is -2.25. The van der Waals surface area contributed by atoms with Crippen LogP contribution in [0.4, 0.5) is 0 Å². The van der Waals surface area contributed by atoms with Crippen molar-refractivity contribution < 1.29 is 9.90 Å². The molecule has 1 aliphatic rings. The molecule has 1 rings (SSSR count). The third-order valence-corrected chi connectivity index (χ3v) is 2.30. The number of aliphatic hydroxyl groups excluding tert-OH is 1. The number of hydrogen-bond donors (Lipinski definition) is 1. The standard InChI is InChI=1S/C10H17NO2/c1-2-9(12)10(13)8-11-6-4-3-5-7-11/h8,13H,2-7H2,1H3/b10-8-. The van der Waals surface area contributed by atoms with Crippen LogP contribution in [0.5, 0.6) is 0 Å². The molecule has 3 heteroatoms. The van der Waals surface area contributed by atoms with Crippen LogP contribution in [0.15, 0.2) is 12.0 Å². The molecule has 0 amide bonds. The van der Waals surface area contributed by atoms with Gasteiger partial charge in [-0.1, -0.05) is 6.92 Å². The predicted octanol–water partition coefficient (Wildman–Crippen LogP) is 1.85. The van der Waals surface area contributed by atoms with E-state index in [1.165, 1.54) is 6.42 Å². The van der Waals surface area contributed by atoms with Crippen molar-refractivity contribution in [2.75, 3.05) is 13.1 Å². The minimum atomic E-state index is -0.175. The fourth-order valence-corrected chi connectivity index (χ4v) is 1.47. The van der Waals surface area contributed by atoms with E-state index in [2.05, 4.69) is 0 Å². The maximum absolute atomic E-state index is 11.0. The zero-order valence-electron chi connectivity index (χ0n) is 8.12. The van der Waals surface area contributed by atoms with E-state index in [4.69, 9.17) is 0 Å². The molecule has 1 fully saturated rings. The molecule has 0 aliphatic carbocycles. The second-order valence-electron chi connectivity index (χ2n) is 3.39. The molecule has 0 bridgehead atoms. The Balaban J connectivity index is 2.47. The van der Waals surface area contributed by atoms with Crippen LogP contribution in [-0.4, -0.2) is 28.9 Å². The van der Waals surface area contributed by atoms with Crippen LogP contribution >= 0.6 is 0 Å². The van der Waals surface area contributed by atoms with Gasteiger partial charge in [-0.25, -0.2) is 0 Å². The Kier molecular flexibility index (Phi) is 3.80. The van der Waals surface area contributed by atoms with Crippen LogP contribution in [-0.2, 0) is 4.79 Å². The van der Waals surface area contributed by atoms with Gasteiger partial charge in [-0.3, -0.25) is 4.79 Å². The van der Waals surface area contributed by atoms with E-state index in [-0.39, 0.29) is 11.5 Å². The predicted molar refractivity (Wildman–Crippen MR) is 51.4 cm³/mol. The molecule has 3 nitrogen and oxygen atoms in total. The summed E-state index contributed by atoms with van der Waals surface area (Å²) in [4.78, 5) is 13.1. The Morgan fingerprint density at radius 1 is 1.38 bits per heavy atom. The van der Waals surface area contributed by atoms with Gasteiger partial charge in [0.1, 0.15) is 0 Å². The quantitative estimate of drug-likeness (QED) is 0.536. The highest BCUT2D eigenvalue weighted by Gasteiger charge is 2.10. The van der Waals surface area contributed by atoms with Crippen LogP contribution < -0.4 is 0 Å². The summed E-state index contributed by atoms with van der Waals surface area (Å²) in [5.41, 5.74) is 0. The summed E-state index contributed by atoms with van der Waals surface area (Å²) in [6.45, 7) is 3.67. The first-order valence-corrected chi connectivity index (χ1v) is 4.92. The number of nitrogens with zero attached hydrogens (tertiary/aromatic N) is 1. The van der Waals surface area contributed by atoms with Crippen LogP contribution in [0.25, 0.3) is 0 Å². The summed E-state index contributed by atoms with van der Waals surface area (Å²) >= 11 is 0. The number of carbonyl (C=O) groups excluding carboxylic acids is 1. The van der Waals surface area contributed by atoms with Gasteiger partial charge in [-0.05, 0) is 19.3 Å². The van der Waals surface area contributed by atoms with E-state index in [1.54, 1.807) is 13.1 Å². The number of ketones is 1. The maximum Gasteiger partial charge on any atom is 0.198 e. The highest BCUT2D eigenvalue weighted by molar-refractivity contribution is 5.92. The molecule has 0 radical (unpaired) electrons. The van der Waals surface area contributed by atoms with E-state index in [0.717, 1.165) is 25.9 Å². The summed E-state index contributed by atoms with van der Waals surface area (Å²) in [5.74, 6) is -0.269. The smallest absolute Gasteiger partial charge is 0.198 e. The first-order chi connectivity index (χ1) is 6.24. The van der Waals surface area contributed by atoms with Gasteiger partial charge in [0.25, 0.3) is 0 Å². The number of hydrogen-bond acceptors (Lipinski definition) is 3. The normalized spacial score (nSPS) is 18.8. The molecule has 1 N–H and O–H groups in total. The van der Waals surface area contributed by atoms with E-state index in [0.29, 0.717) is 6.42 Å². The summed E-state index contributed by atoms with van der Waals surface area (Å²) < 4.78 is 0. The second kappa shape index (κ2) is 4.90. The first kappa shape index (κ1) is 10.1. The summed E-state index contributed by atoms with van der Waals surface area (Å²) in [6.07, 6.45) is 5.53. The second-order valence-corrected chi connectivity index (χ2v) is 3.39. The maximum atomic E-state index is 11.0. The van der Waals surface area contributed by atoms with Crippen molar-refractivity contribution in [2.24, 2.45) is 0 Å². The minimum absolute atomic E-state index is 0.0931. The molecule has 1 aliphatic heterocycles. The van der Waals surface area contributed by atoms with Crippen molar-refractivity contribution in [3.05, 3.63) is 12.0 Å². The van der Waals surface area contributed by atoms with Gasteiger partial charge in [-0.15, -0.1) is 0 Å². The lowest BCUT2D eigenvalue weighted by Gasteiger charge is -2.24. The molecule has 1 saturated heterocycles. The highest BCUT2D eigenvalue weighted by Crippen LogP contribution is 2.10. The number of carbonyl (C=O) groups is 1.